The van der Waals surface area contributed by atoms with Crippen molar-refractivity contribution >= 4 is 11.9 Å². The molecule has 6 heteroatoms. The molecule has 0 heterocycles. The van der Waals surface area contributed by atoms with E-state index in [0.29, 0.717) is 13.0 Å². The highest BCUT2D eigenvalue weighted by molar-refractivity contribution is 5.94. The molecule has 0 aliphatic heterocycles. The first-order chi connectivity index (χ1) is 15.0. The van der Waals surface area contributed by atoms with E-state index < -0.39 is 0 Å². The highest BCUT2D eigenvalue weighted by Crippen LogP contribution is 1.97. The van der Waals surface area contributed by atoms with E-state index >= 15 is 0 Å². The fraction of sp³-hybridized carbons (Fsp3) is 0.680. The summed E-state index contributed by atoms with van der Waals surface area (Å²) in [6, 6.07) is 9.24. The van der Waals surface area contributed by atoms with Gasteiger partial charge in [-0.3, -0.25) is 9.59 Å². The average Bonchev–Trinajstić information content (AvgIpc) is 2.82. The lowest BCUT2D eigenvalue weighted by Crippen LogP contribution is -2.23. The van der Waals surface area contributed by atoms with Gasteiger partial charge in [0.1, 0.15) is 0 Å². The van der Waals surface area contributed by atoms with Crippen molar-refractivity contribution < 1.29 is 23.8 Å². The predicted octanol–water partition coefficient (Wildman–Crippen LogP) is 5.65. The number of nitrogens with one attached hydrogen (secondary N) is 1. The van der Waals surface area contributed by atoms with Crippen molar-refractivity contribution in [3.05, 3.63) is 35.9 Å². The van der Waals surface area contributed by atoms with Crippen molar-refractivity contribution in [2.75, 3.05) is 40.6 Å². The number of unbranched alkanes of at least 4 members (excludes halogenated alkanes) is 2. The van der Waals surface area contributed by atoms with Crippen LogP contribution in [0, 0.1) is 0 Å². The van der Waals surface area contributed by atoms with Crippen molar-refractivity contribution in [3.63, 3.8) is 0 Å². The number of ether oxygens (including phenoxy) is 3. The highest BCUT2D eigenvalue weighted by Gasteiger charge is 2.00. The largest absolute Gasteiger partial charge is 0.469 e. The normalized spacial score (nSPS) is 9.00. The Morgan fingerprint density at radius 3 is 1.77 bits per heavy atom. The maximum atomic E-state index is 11.3. The molecular weight excluding hydrogens is 394 g/mol. The van der Waals surface area contributed by atoms with Gasteiger partial charge >= 0.3 is 5.97 Å². The van der Waals surface area contributed by atoms with E-state index in [4.69, 9.17) is 9.47 Å². The van der Waals surface area contributed by atoms with Gasteiger partial charge in [0.25, 0.3) is 5.91 Å². The van der Waals surface area contributed by atoms with E-state index in [2.05, 4.69) is 30.8 Å². The molecule has 0 aliphatic carbocycles. The van der Waals surface area contributed by atoms with Crippen LogP contribution >= 0.6 is 0 Å². The van der Waals surface area contributed by atoms with Crippen LogP contribution in [-0.4, -0.2) is 52.5 Å². The van der Waals surface area contributed by atoms with Crippen LogP contribution in [-0.2, 0) is 19.0 Å². The number of rotatable bonds is 11. The second kappa shape index (κ2) is 30.3. The van der Waals surface area contributed by atoms with E-state index in [9.17, 15) is 9.59 Å². The van der Waals surface area contributed by atoms with Crippen molar-refractivity contribution in [2.45, 2.75) is 73.1 Å². The Morgan fingerprint density at radius 1 is 0.806 bits per heavy atom. The Bertz CT molecular complexity index is 466. The van der Waals surface area contributed by atoms with Gasteiger partial charge in [0.15, 0.2) is 0 Å². The second-order valence-electron chi connectivity index (χ2n) is 6.51. The summed E-state index contributed by atoms with van der Waals surface area (Å²) >= 11 is 0. The minimum atomic E-state index is -0.157. The Labute approximate surface area is 191 Å². The fourth-order valence-corrected chi connectivity index (χ4v) is 1.82. The second-order valence-corrected chi connectivity index (χ2v) is 6.51. The molecule has 0 fully saturated rings. The summed E-state index contributed by atoms with van der Waals surface area (Å²) in [5.41, 5.74) is 0.728. The van der Waals surface area contributed by atoms with Crippen molar-refractivity contribution in [2.24, 2.45) is 0 Å². The summed E-state index contributed by atoms with van der Waals surface area (Å²) in [7, 11) is 3.06. The zero-order valence-electron chi connectivity index (χ0n) is 21.0. The van der Waals surface area contributed by atoms with Gasteiger partial charge in [-0.15, -0.1) is 0 Å². The Hall–Kier alpha value is -1.92. The predicted molar refractivity (Wildman–Crippen MR) is 130 cm³/mol. The summed E-state index contributed by atoms with van der Waals surface area (Å²) in [6.07, 6.45) is 6.60. The fourth-order valence-electron chi connectivity index (χ4n) is 1.82. The highest BCUT2D eigenvalue weighted by atomic mass is 16.5. The number of amides is 1. The first-order valence-corrected chi connectivity index (χ1v) is 11.4. The Balaban J connectivity index is -0.000000361. The molecule has 0 spiro atoms. The first kappa shape index (κ1) is 33.7. The number of esters is 1. The van der Waals surface area contributed by atoms with Crippen molar-refractivity contribution in [1.29, 1.82) is 0 Å². The van der Waals surface area contributed by atoms with Crippen LogP contribution in [0.25, 0.3) is 0 Å². The molecule has 0 unspecified atom stereocenters. The number of methoxy groups -OCH3 is 2. The van der Waals surface area contributed by atoms with E-state index in [1.54, 1.807) is 14.0 Å². The van der Waals surface area contributed by atoms with Gasteiger partial charge in [0.05, 0.1) is 20.3 Å². The Kier molecular flexibility index (Phi) is 32.9. The standard InChI is InChI=1S/C10H13NO.C6H14O2.C5H12.C4H8O2/c1-2-8-11-10(12)9-6-4-3-5-7-9;1-3-4-8-6-5-7-2;1-3-5-4-2;1-3-4(5)6-2/h3-7H,2,8H2,1H3,(H,11,12);3-6H2,1-2H3;3-5H2,1-2H3;3H2,1-2H3. The quantitative estimate of drug-likeness (QED) is 0.355. The molecule has 0 radical (unpaired) electrons. The number of hydrogen-bond donors (Lipinski definition) is 1. The summed E-state index contributed by atoms with van der Waals surface area (Å²) in [4.78, 5) is 21.3. The lowest BCUT2D eigenvalue weighted by atomic mass is 10.2. The van der Waals surface area contributed by atoms with Gasteiger partial charge in [-0.1, -0.05) is 72.1 Å². The molecular formula is C25H47NO5. The molecule has 0 atom stereocenters. The molecule has 1 rings (SSSR count). The number of carbonyl (C=O) groups is 2. The molecule has 0 saturated carbocycles. The summed E-state index contributed by atoms with van der Waals surface area (Å²) in [6.45, 7) is 13.3. The molecule has 1 amide bonds. The molecule has 0 aromatic heterocycles. The van der Waals surface area contributed by atoms with Crippen LogP contribution in [0.1, 0.15) is 83.5 Å². The van der Waals surface area contributed by atoms with Crippen LogP contribution in [0.5, 0.6) is 0 Å². The van der Waals surface area contributed by atoms with Crippen LogP contribution in [0.2, 0.25) is 0 Å². The summed E-state index contributed by atoms with van der Waals surface area (Å²) in [5.74, 6) is -0.146. The monoisotopic (exact) mass is 441 g/mol. The van der Waals surface area contributed by atoms with Gasteiger partial charge in [-0.05, 0) is 25.0 Å². The van der Waals surface area contributed by atoms with Gasteiger partial charge in [-0.2, -0.15) is 0 Å². The molecule has 0 saturated heterocycles. The molecule has 1 aromatic rings. The SMILES string of the molecule is CCC(=O)OC.CCCCC.CCCNC(=O)c1ccccc1.CCCOCCOC. The van der Waals surface area contributed by atoms with Gasteiger partial charge in [0.2, 0.25) is 0 Å². The molecule has 6 nitrogen and oxygen atoms in total. The van der Waals surface area contributed by atoms with Crippen LogP contribution in [0.3, 0.4) is 0 Å². The third-order valence-corrected chi connectivity index (χ3v) is 3.58. The molecule has 31 heavy (non-hydrogen) atoms. The minimum absolute atomic E-state index is 0.0115. The molecule has 1 N–H and O–H groups in total. The zero-order chi connectivity index (χ0) is 24.2. The van der Waals surface area contributed by atoms with E-state index in [1.807, 2.05) is 37.3 Å². The lowest BCUT2D eigenvalue weighted by Gasteiger charge is -2.01. The van der Waals surface area contributed by atoms with Gasteiger partial charge in [-0.25, -0.2) is 0 Å². The number of carbonyl (C=O) groups excluding carboxylic acids is 2. The maximum Gasteiger partial charge on any atom is 0.305 e. The third kappa shape index (κ3) is 30.4. The Morgan fingerprint density at radius 2 is 1.42 bits per heavy atom. The lowest BCUT2D eigenvalue weighted by molar-refractivity contribution is -0.140. The van der Waals surface area contributed by atoms with E-state index in [0.717, 1.165) is 38.2 Å². The van der Waals surface area contributed by atoms with Crippen LogP contribution < -0.4 is 5.32 Å². The molecule has 0 bridgehead atoms. The first-order valence-electron chi connectivity index (χ1n) is 11.4. The number of benzene rings is 1. The van der Waals surface area contributed by atoms with E-state index in [1.165, 1.54) is 26.4 Å². The van der Waals surface area contributed by atoms with Crippen molar-refractivity contribution in [1.82, 2.24) is 5.32 Å². The topological polar surface area (TPSA) is 73.9 Å². The number of hydrogen-bond acceptors (Lipinski definition) is 5. The summed E-state index contributed by atoms with van der Waals surface area (Å²) < 4.78 is 14.1. The molecule has 0 aliphatic rings. The van der Waals surface area contributed by atoms with E-state index in [-0.39, 0.29) is 11.9 Å². The van der Waals surface area contributed by atoms with Gasteiger partial charge in [0, 0.05) is 32.2 Å². The zero-order valence-corrected chi connectivity index (χ0v) is 21.0. The maximum absolute atomic E-state index is 11.3. The van der Waals surface area contributed by atoms with Gasteiger partial charge < -0.3 is 19.5 Å². The smallest absolute Gasteiger partial charge is 0.305 e. The van der Waals surface area contributed by atoms with Crippen molar-refractivity contribution in [3.8, 4) is 0 Å². The van der Waals surface area contributed by atoms with Crippen LogP contribution in [0.15, 0.2) is 30.3 Å². The molecule has 1 aromatic carbocycles. The van der Waals surface area contributed by atoms with Crippen LogP contribution in [0.4, 0.5) is 0 Å². The average molecular weight is 442 g/mol. The minimum Gasteiger partial charge on any atom is -0.469 e. The third-order valence-electron chi connectivity index (χ3n) is 3.58. The summed E-state index contributed by atoms with van der Waals surface area (Å²) in [5, 5.41) is 2.81. The molecule has 182 valence electrons.